The first-order chi connectivity index (χ1) is 12.4. The number of benzene rings is 1. The van der Waals surface area contributed by atoms with Crippen molar-refractivity contribution < 1.29 is 19.2 Å². The van der Waals surface area contributed by atoms with Gasteiger partial charge in [-0.1, -0.05) is 0 Å². The molecule has 0 atom stereocenters. The number of pyridine rings is 1. The lowest BCUT2D eigenvalue weighted by atomic mass is 10.2. The molecule has 1 aromatic carbocycles. The Kier molecular flexibility index (Phi) is 4.57. The quantitative estimate of drug-likeness (QED) is 0.393. The Bertz CT molecular complexity index is 1010. The van der Waals surface area contributed by atoms with Gasteiger partial charge in [-0.05, 0) is 32.0 Å². The van der Waals surface area contributed by atoms with Gasteiger partial charge in [-0.2, -0.15) is 0 Å². The van der Waals surface area contributed by atoms with Gasteiger partial charge in [0.1, 0.15) is 17.6 Å². The highest BCUT2D eigenvalue weighted by molar-refractivity contribution is 5.96. The van der Waals surface area contributed by atoms with E-state index in [1.54, 1.807) is 43.7 Å². The van der Waals surface area contributed by atoms with Gasteiger partial charge in [-0.3, -0.25) is 10.1 Å². The highest BCUT2D eigenvalue weighted by Crippen LogP contribution is 2.28. The number of carbonyl (C=O) groups excluding carboxylic acids is 1. The summed E-state index contributed by atoms with van der Waals surface area (Å²) in [6.45, 7) is 3.68. The van der Waals surface area contributed by atoms with E-state index >= 15 is 0 Å². The van der Waals surface area contributed by atoms with Crippen molar-refractivity contribution in [3.8, 4) is 11.6 Å². The van der Waals surface area contributed by atoms with Crippen molar-refractivity contribution in [2.24, 2.45) is 7.05 Å². The van der Waals surface area contributed by atoms with Gasteiger partial charge >= 0.3 is 5.97 Å². The molecule has 3 aromatic rings. The molecule has 0 aliphatic rings. The summed E-state index contributed by atoms with van der Waals surface area (Å²) in [6.07, 6.45) is 1.17. The average molecular weight is 355 g/mol. The third kappa shape index (κ3) is 3.21. The summed E-state index contributed by atoms with van der Waals surface area (Å²) in [6, 6.07) is 8.61. The molecule has 0 saturated heterocycles. The number of hydrogen-bond acceptors (Lipinski definition) is 6. The van der Waals surface area contributed by atoms with E-state index < -0.39 is 4.92 Å². The summed E-state index contributed by atoms with van der Waals surface area (Å²) in [5.74, 6) is 0.378. The molecule has 0 spiro atoms. The second-order valence-electron chi connectivity index (χ2n) is 5.70. The molecule has 0 N–H and O–H groups in total. The predicted molar refractivity (Wildman–Crippen MR) is 94.6 cm³/mol. The molecule has 0 unspecified atom stereocenters. The number of carbonyl (C=O) groups is 1. The fourth-order valence-corrected chi connectivity index (χ4v) is 2.66. The molecule has 2 heterocycles. The number of ether oxygens (including phenoxy) is 2. The number of aryl methyl sites for hydroxylation is 2. The van der Waals surface area contributed by atoms with Crippen molar-refractivity contribution in [2.45, 2.75) is 13.8 Å². The first kappa shape index (κ1) is 17.4. The molecule has 8 heteroatoms. The van der Waals surface area contributed by atoms with Crippen LogP contribution < -0.4 is 4.74 Å². The monoisotopic (exact) mass is 355 g/mol. The zero-order valence-electron chi connectivity index (χ0n) is 14.6. The Morgan fingerprint density at radius 2 is 2.08 bits per heavy atom. The van der Waals surface area contributed by atoms with E-state index in [-0.39, 0.29) is 17.5 Å². The largest absolute Gasteiger partial charge is 0.461 e. The molecule has 134 valence electrons. The molecule has 2 aromatic heterocycles. The van der Waals surface area contributed by atoms with Crippen molar-refractivity contribution in [1.29, 1.82) is 0 Å². The lowest BCUT2D eigenvalue weighted by Gasteiger charge is -2.07. The summed E-state index contributed by atoms with van der Waals surface area (Å²) in [5.41, 5.74) is 1.64. The van der Waals surface area contributed by atoms with Crippen LogP contribution in [-0.4, -0.2) is 27.1 Å². The van der Waals surface area contributed by atoms with Gasteiger partial charge in [0.05, 0.1) is 17.0 Å². The van der Waals surface area contributed by atoms with Crippen LogP contribution in [0.5, 0.6) is 11.6 Å². The van der Waals surface area contributed by atoms with Crippen LogP contribution in [-0.2, 0) is 11.8 Å². The average Bonchev–Trinajstić information content (AvgIpc) is 2.92. The van der Waals surface area contributed by atoms with E-state index in [1.165, 1.54) is 12.3 Å². The van der Waals surface area contributed by atoms with E-state index in [1.807, 2.05) is 6.07 Å². The van der Waals surface area contributed by atoms with E-state index in [9.17, 15) is 14.9 Å². The van der Waals surface area contributed by atoms with E-state index in [0.717, 1.165) is 10.9 Å². The molecular weight excluding hydrogens is 338 g/mol. The van der Waals surface area contributed by atoms with Gasteiger partial charge in [0, 0.05) is 30.1 Å². The molecule has 0 amide bonds. The highest BCUT2D eigenvalue weighted by Gasteiger charge is 2.16. The molecule has 0 bridgehead atoms. The van der Waals surface area contributed by atoms with Gasteiger partial charge in [0.2, 0.25) is 5.88 Å². The van der Waals surface area contributed by atoms with Crippen molar-refractivity contribution in [1.82, 2.24) is 9.55 Å². The van der Waals surface area contributed by atoms with Crippen LogP contribution in [0.4, 0.5) is 5.69 Å². The number of esters is 1. The minimum absolute atomic E-state index is 0.0608. The number of fused-ring (bicyclic) bond motifs is 1. The van der Waals surface area contributed by atoms with Crippen LogP contribution in [0.25, 0.3) is 10.9 Å². The Balaban J connectivity index is 1.92. The lowest BCUT2D eigenvalue weighted by Crippen LogP contribution is -2.09. The standard InChI is InChI=1S/C18H17N3O5/c1-4-25-18(22)15-8-12-5-6-13(9-14(12)20(15)3)26-17-7-11(2)16(10-19-17)21(23)24/h5-10H,4H2,1-3H3. The zero-order valence-corrected chi connectivity index (χ0v) is 14.6. The summed E-state index contributed by atoms with van der Waals surface area (Å²) in [7, 11) is 1.77. The van der Waals surface area contributed by atoms with Crippen molar-refractivity contribution >= 4 is 22.6 Å². The Morgan fingerprint density at radius 1 is 1.31 bits per heavy atom. The Morgan fingerprint density at radius 3 is 2.73 bits per heavy atom. The maximum absolute atomic E-state index is 12.0. The van der Waals surface area contributed by atoms with Crippen molar-refractivity contribution in [3.05, 3.63) is 57.9 Å². The van der Waals surface area contributed by atoms with E-state index in [4.69, 9.17) is 9.47 Å². The van der Waals surface area contributed by atoms with Crippen LogP contribution in [0.3, 0.4) is 0 Å². The molecule has 0 aliphatic heterocycles. The number of hydrogen-bond donors (Lipinski definition) is 0. The van der Waals surface area contributed by atoms with Crippen molar-refractivity contribution in [2.75, 3.05) is 6.61 Å². The Labute approximate surface area is 149 Å². The van der Waals surface area contributed by atoms with E-state index in [2.05, 4.69) is 4.98 Å². The minimum atomic E-state index is -0.487. The second-order valence-corrected chi connectivity index (χ2v) is 5.70. The summed E-state index contributed by atoms with van der Waals surface area (Å²) < 4.78 is 12.5. The molecule has 0 fully saturated rings. The summed E-state index contributed by atoms with van der Waals surface area (Å²) in [4.78, 5) is 26.3. The topological polar surface area (TPSA) is 96.5 Å². The van der Waals surface area contributed by atoms with Gasteiger partial charge < -0.3 is 14.0 Å². The first-order valence-electron chi connectivity index (χ1n) is 7.96. The number of aromatic nitrogens is 2. The fraction of sp³-hybridized carbons (Fsp3) is 0.222. The summed E-state index contributed by atoms with van der Waals surface area (Å²) >= 11 is 0. The third-order valence-corrected chi connectivity index (χ3v) is 3.98. The molecule has 0 aliphatic carbocycles. The number of nitrogens with zero attached hydrogens (tertiary/aromatic N) is 3. The molecule has 0 saturated carbocycles. The maximum Gasteiger partial charge on any atom is 0.354 e. The molecule has 0 radical (unpaired) electrons. The number of nitro groups is 1. The summed E-state index contributed by atoms with van der Waals surface area (Å²) in [5, 5.41) is 11.7. The normalized spacial score (nSPS) is 10.7. The molecule has 3 rings (SSSR count). The van der Waals surface area contributed by atoms with Crippen LogP contribution in [0.2, 0.25) is 0 Å². The maximum atomic E-state index is 12.0. The van der Waals surface area contributed by atoms with Gasteiger partial charge in [-0.25, -0.2) is 9.78 Å². The van der Waals surface area contributed by atoms with Gasteiger partial charge in [-0.15, -0.1) is 0 Å². The third-order valence-electron chi connectivity index (χ3n) is 3.98. The lowest BCUT2D eigenvalue weighted by molar-refractivity contribution is -0.385. The SMILES string of the molecule is CCOC(=O)c1cc2ccc(Oc3cc(C)c([N+](=O)[O-])cn3)cc2n1C. The van der Waals surface area contributed by atoms with Crippen LogP contribution >= 0.6 is 0 Å². The highest BCUT2D eigenvalue weighted by atomic mass is 16.6. The van der Waals surface area contributed by atoms with Gasteiger partial charge in [0.15, 0.2) is 0 Å². The van der Waals surface area contributed by atoms with Gasteiger partial charge in [0.25, 0.3) is 5.69 Å². The van der Waals surface area contributed by atoms with E-state index in [0.29, 0.717) is 23.6 Å². The number of rotatable bonds is 5. The Hall–Kier alpha value is -3.42. The van der Waals surface area contributed by atoms with Crippen LogP contribution in [0.1, 0.15) is 23.0 Å². The minimum Gasteiger partial charge on any atom is -0.461 e. The van der Waals surface area contributed by atoms with Crippen molar-refractivity contribution in [3.63, 3.8) is 0 Å². The predicted octanol–water partition coefficient (Wildman–Crippen LogP) is 3.76. The fourth-order valence-electron chi connectivity index (χ4n) is 2.66. The smallest absolute Gasteiger partial charge is 0.354 e. The zero-order chi connectivity index (χ0) is 18.8. The molecule has 8 nitrogen and oxygen atoms in total. The van der Waals surface area contributed by atoms with Crippen LogP contribution in [0, 0.1) is 17.0 Å². The first-order valence-corrected chi connectivity index (χ1v) is 7.96. The second kappa shape index (κ2) is 6.83. The molecule has 26 heavy (non-hydrogen) atoms. The molecular formula is C18H17N3O5. The van der Waals surface area contributed by atoms with Crippen LogP contribution in [0.15, 0.2) is 36.5 Å².